The van der Waals surface area contributed by atoms with E-state index in [-0.39, 0.29) is 22.3 Å². The fourth-order valence-corrected chi connectivity index (χ4v) is 5.55. The van der Waals surface area contributed by atoms with E-state index in [0.717, 1.165) is 31.4 Å². The van der Waals surface area contributed by atoms with Crippen LogP contribution in [0, 0.1) is 23.3 Å². The summed E-state index contributed by atoms with van der Waals surface area (Å²) < 4.78 is 67.7. The largest absolute Gasteiger partial charge is 0.499 e. The number of dihydropyridines is 1. The summed E-state index contributed by atoms with van der Waals surface area (Å²) in [4.78, 5) is 15.6. The summed E-state index contributed by atoms with van der Waals surface area (Å²) >= 11 is 7.17. The quantitative estimate of drug-likeness (QED) is 0.153. The van der Waals surface area contributed by atoms with Crippen LogP contribution in [0.25, 0.3) is 5.57 Å². The molecule has 9 heteroatoms. The summed E-state index contributed by atoms with van der Waals surface area (Å²) in [6.45, 7) is 0. The van der Waals surface area contributed by atoms with E-state index in [1.807, 2.05) is 0 Å². The highest BCUT2D eigenvalue weighted by Crippen LogP contribution is 2.56. The van der Waals surface area contributed by atoms with Gasteiger partial charge in [-0.15, -0.1) is 0 Å². The van der Waals surface area contributed by atoms with Crippen molar-refractivity contribution in [3.63, 3.8) is 0 Å². The van der Waals surface area contributed by atoms with Gasteiger partial charge in [0.1, 0.15) is 29.0 Å². The van der Waals surface area contributed by atoms with Crippen molar-refractivity contribution in [2.75, 3.05) is 7.11 Å². The number of nitrogens with zero attached hydrogens (tertiary/aromatic N) is 1. The molecule has 2 atom stereocenters. The highest BCUT2D eigenvalue weighted by atomic mass is 35.5. The highest BCUT2D eigenvalue weighted by Gasteiger charge is 2.60. The molecule has 0 radical (unpaired) electrons. The van der Waals surface area contributed by atoms with Gasteiger partial charge in [-0.05, 0) is 24.3 Å². The van der Waals surface area contributed by atoms with Crippen LogP contribution in [0.4, 0.5) is 17.6 Å². The Morgan fingerprint density at radius 1 is 0.725 bits per heavy atom. The van der Waals surface area contributed by atoms with Crippen LogP contribution in [0.3, 0.4) is 0 Å². The average Bonchev–Trinajstić information content (AvgIpc) is 2.94. The number of methoxy groups -OCH3 is 1. The van der Waals surface area contributed by atoms with E-state index in [4.69, 9.17) is 16.3 Å². The smallest absolute Gasteiger partial charge is 0.328 e. The first-order valence-corrected chi connectivity index (χ1v) is 12.4. The molecule has 0 aliphatic carbocycles. The van der Waals surface area contributed by atoms with E-state index in [9.17, 15) is 9.90 Å². The summed E-state index contributed by atoms with van der Waals surface area (Å²) in [7, 11) is 1.09. The lowest BCUT2D eigenvalue weighted by Crippen LogP contribution is -2.52. The second-order valence-electron chi connectivity index (χ2n) is 8.97. The number of benzene rings is 4. The second-order valence-corrected chi connectivity index (χ2v) is 9.51. The molecule has 1 N–H and O–H groups in total. The molecular formula is C31H20ClF4NO3. The van der Waals surface area contributed by atoms with E-state index in [1.54, 1.807) is 0 Å². The molecule has 5 rings (SSSR count). The third-order valence-electron chi connectivity index (χ3n) is 6.83. The fraction of sp³-hybridized carbons (Fsp3) is 0.0968. The lowest BCUT2D eigenvalue weighted by Gasteiger charge is -2.43. The molecule has 1 aliphatic heterocycles. The number of ether oxygens (including phenoxy) is 1. The zero-order chi connectivity index (χ0) is 28.7. The fourth-order valence-electron chi connectivity index (χ4n) is 5.13. The van der Waals surface area contributed by atoms with Gasteiger partial charge in [-0.3, -0.25) is 9.79 Å². The number of halogens is 5. The molecule has 0 saturated carbocycles. The van der Waals surface area contributed by atoms with Crippen molar-refractivity contribution in [3.05, 3.63) is 148 Å². The maximum Gasteiger partial charge on any atom is 0.328 e. The molecule has 202 valence electrons. The minimum Gasteiger partial charge on any atom is -0.499 e. The minimum absolute atomic E-state index is 0.268. The van der Waals surface area contributed by atoms with Crippen LogP contribution in [0.5, 0.6) is 0 Å². The predicted octanol–water partition coefficient (Wildman–Crippen LogP) is 7.22. The van der Waals surface area contributed by atoms with Crippen LogP contribution in [-0.4, -0.2) is 23.9 Å². The Bertz CT molecular complexity index is 1710. The molecule has 0 bridgehead atoms. The summed E-state index contributed by atoms with van der Waals surface area (Å²) in [5.74, 6) is -5.87. The van der Waals surface area contributed by atoms with Crippen LogP contribution < -0.4 is 0 Å². The van der Waals surface area contributed by atoms with E-state index < -0.39 is 56.7 Å². The van der Waals surface area contributed by atoms with Gasteiger partial charge in [-0.25, -0.2) is 17.6 Å². The number of hydrogen-bond donors (Lipinski definition) is 1. The maximum atomic E-state index is 15.6. The number of carbonyl (C=O) groups is 1. The molecule has 40 heavy (non-hydrogen) atoms. The molecule has 0 aromatic heterocycles. The van der Waals surface area contributed by atoms with Crippen molar-refractivity contribution in [1.82, 2.24) is 0 Å². The zero-order valence-corrected chi connectivity index (χ0v) is 21.6. The highest BCUT2D eigenvalue weighted by molar-refractivity contribution is 6.35. The second kappa shape index (κ2) is 10.3. The Morgan fingerprint density at radius 2 is 1.18 bits per heavy atom. The van der Waals surface area contributed by atoms with Gasteiger partial charge in [-0.2, -0.15) is 0 Å². The molecule has 2 unspecified atom stereocenters. The van der Waals surface area contributed by atoms with Gasteiger partial charge in [0.05, 0.1) is 12.8 Å². The van der Waals surface area contributed by atoms with Crippen LogP contribution in [0.2, 0.25) is 0 Å². The van der Waals surface area contributed by atoms with Crippen molar-refractivity contribution in [2.24, 2.45) is 4.99 Å². The lowest BCUT2D eigenvalue weighted by molar-refractivity contribution is -0.141. The molecular weight excluding hydrogens is 546 g/mol. The van der Waals surface area contributed by atoms with Crippen LogP contribution in [0.1, 0.15) is 22.3 Å². The number of alkyl halides is 1. The predicted molar refractivity (Wildman–Crippen MR) is 143 cm³/mol. The number of aliphatic imine (C=N–C) groups is 1. The SMILES string of the molecule is COC1=C(c2ccccc2F)C(Cl)(c2ccccc2F)N=C(c2ccccc2F)C1(C(=O)O)c1ccccc1F. The van der Waals surface area contributed by atoms with Crippen molar-refractivity contribution in [2.45, 2.75) is 10.4 Å². The van der Waals surface area contributed by atoms with Crippen LogP contribution >= 0.6 is 11.6 Å². The van der Waals surface area contributed by atoms with Gasteiger partial charge in [-0.1, -0.05) is 84.4 Å². The van der Waals surface area contributed by atoms with Crippen molar-refractivity contribution < 1.29 is 32.2 Å². The molecule has 0 amide bonds. The van der Waals surface area contributed by atoms with Gasteiger partial charge < -0.3 is 9.84 Å². The summed E-state index contributed by atoms with van der Waals surface area (Å²) in [5.41, 5.74) is -5.01. The van der Waals surface area contributed by atoms with Crippen molar-refractivity contribution in [1.29, 1.82) is 0 Å². The van der Waals surface area contributed by atoms with Crippen LogP contribution in [0.15, 0.2) is 108 Å². The third kappa shape index (κ3) is 3.98. The molecule has 4 aromatic carbocycles. The monoisotopic (exact) mass is 565 g/mol. The number of carboxylic acids is 1. The molecule has 1 aliphatic rings. The normalized spacial score (nSPS) is 20.7. The van der Waals surface area contributed by atoms with Gasteiger partial charge in [0.2, 0.25) is 0 Å². The van der Waals surface area contributed by atoms with E-state index in [2.05, 4.69) is 4.99 Å². The molecule has 1 heterocycles. The van der Waals surface area contributed by atoms with Gasteiger partial charge >= 0.3 is 5.97 Å². The Morgan fingerprint density at radius 3 is 1.65 bits per heavy atom. The molecule has 4 nitrogen and oxygen atoms in total. The van der Waals surface area contributed by atoms with E-state index >= 15 is 17.6 Å². The zero-order valence-electron chi connectivity index (χ0n) is 20.8. The average molecular weight is 566 g/mol. The van der Waals surface area contributed by atoms with Gasteiger partial charge in [0.15, 0.2) is 10.4 Å². The van der Waals surface area contributed by atoms with Crippen molar-refractivity contribution >= 4 is 28.9 Å². The number of rotatable bonds is 6. The molecule has 0 fully saturated rings. The first-order valence-electron chi connectivity index (χ1n) is 12.0. The molecule has 0 saturated heterocycles. The van der Waals surface area contributed by atoms with E-state index in [0.29, 0.717) is 0 Å². The Balaban J connectivity index is 2.07. The Labute approximate surface area is 231 Å². The summed E-state index contributed by atoms with van der Waals surface area (Å²) in [6.07, 6.45) is 0. The maximum absolute atomic E-state index is 15.6. The molecule has 4 aromatic rings. The molecule has 0 spiro atoms. The third-order valence-corrected chi connectivity index (χ3v) is 7.30. The van der Waals surface area contributed by atoms with Gasteiger partial charge in [0, 0.05) is 27.8 Å². The standard InChI is InChI=1S/C31H20ClF4NO3/c1-40-28-26(18-10-2-6-14-22(18)33)31(32,21-13-5-9-17-25(21)36)37-27(19-11-3-7-15-23(19)34)30(28,29(38)39)20-12-4-8-16-24(20)35/h2-17H,1H3,(H,38,39). The lowest BCUT2D eigenvalue weighted by atomic mass is 9.67. The first-order chi connectivity index (χ1) is 19.2. The van der Waals surface area contributed by atoms with E-state index in [1.165, 1.54) is 72.8 Å². The summed E-state index contributed by atoms with van der Waals surface area (Å²) in [5, 5.41) is 10.9. The number of hydrogen-bond acceptors (Lipinski definition) is 3. The summed E-state index contributed by atoms with van der Waals surface area (Å²) in [6, 6.07) is 20.5. The number of aliphatic carboxylic acids is 1. The topological polar surface area (TPSA) is 58.9 Å². The minimum atomic E-state index is -2.68. The first kappa shape index (κ1) is 27.1. The Kier molecular flexibility index (Phi) is 6.98. The van der Waals surface area contributed by atoms with Gasteiger partial charge in [0.25, 0.3) is 0 Å². The number of carboxylic acid groups (broad SMARTS) is 1. The Hall–Kier alpha value is -4.43. The van der Waals surface area contributed by atoms with Crippen molar-refractivity contribution in [3.8, 4) is 0 Å². The van der Waals surface area contributed by atoms with Crippen LogP contribution in [-0.2, 0) is 19.9 Å².